The predicted molar refractivity (Wildman–Crippen MR) is 149 cm³/mol. The number of para-hydroxylation sites is 1. The van der Waals surface area contributed by atoms with Gasteiger partial charge in [0.05, 0.1) is 17.7 Å². The van der Waals surface area contributed by atoms with Crippen LogP contribution in [0.4, 0.5) is 10.1 Å². The topological polar surface area (TPSA) is 28.5 Å². The third-order valence-corrected chi connectivity index (χ3v) is 7.49. The van der Waals surface area contributed by atoms with E-state index in [0.717, 1.165) is 28.5 Å². The van der Waals surface area contributed by atoms with Crippen LogP contribution in [-0.2, 0) is 17.8 Å². The Morgan fingerprint density at radius 2 is 1.75 bits per heavy atom. The second-order valence-corrected chi connectivity index (χ2v) is 9.78. The van der Waals surface area contributed by atoms with Gasteiger partial charge in [-0.1, -0.05) is 54.4 Å². The van der Waals surface area contributed by atoms with E-state index in [2.05, 4.69) is 13.0 Å². The molecular weight excluding hydrogens is 516 g/mol. The van der Waals surface area contributed by atoms with Crippen molar-refractivity contribution in [3.05, 3.63) is 105 Å². The maximum Gasteiger partial charge on any atom is 0.281 e. The first kappa shape index (κ1) is 24.5. The number of likely N-dealkylation sites (N-methyl/N-ethyl adjacent to an activating group) is 1. The van der Waals surface area contributed by atoms with E-state index in [1.54, 1.807) is 48.3 Å². The van der Waals surface area contributed by atoms with Gasteiger partial charge in [0.25, 0.3) is 5.91 Å². The molecule has 0 bridgehead atoms. The SMILES string of the molecule is CCc1cccc2c(/C=C3/C(=O)N(c4ccc(Cl)cc4)C(=S)N3C)cn(Cc3c(F)cccc3Cl)c12. The molecule has 3 aromatic carbocycles. The molecule has 0 aliphatic carbocycles. The van der Waals surface area contributed by atoms with Crippen molar-refractivity contribution < 1.29 is 9.18 Å². The first-order chi connectivity index (χ1) is 17.3. The Bertz CT molecular complexity index is 1520. The Hall–Kier alpha value is -3.19. The van der Waals surface area contributed by atoms with Gasteiger partial charge < -0.3 is 9.47 Å². The molecule has 1 saturated heterocycles. The zero-order valence-electron chi connectivity index (χ0n) is 19.6. The molecule has 0 N–H and O–H groups in total. The van der Waals surface area contributed by atoms with Crippen LogP contribution in [-0.4, -0.2) is 27.5 Å². The molecule has 1 amide bonds. The molecule has 0 saturated carbocycles. The minimum Gasteiger partial charge on any atom is -0.342 e. The number of carbonyl (C=O) groups is 1. The summed E-state index contributed by atoms with van der Waals surface area (Å²) in [7, 11) is 1.78. The van der Waals surface area contributed by atoms with E-state index in [4.69, 9.17) is 35.4 Å². The van der Waals surface area contributed by atoms with Crippen molar-refractivity contribution in [3.63, 3.8) is 0 Å². The summed E-state index contributed by atoms with van der Waals surface area (Å²) in [5.41, 5.74) is 4.45. The minimum absolute atomic E-state index is 0.227. The Labute approximate surface area is 224 Å². The fourth-order valence-corrected chi connectivity index (χ4v) is 5.20. The molecule has 5 rings (SSSR count). The van der Waals surface area contributed by atoms with Crippen molar-refractivity contribution in [1.82, 2.24) is 9.47 Å². The summed E-state index contributed by atoms with van der Waals surface area (Å²) in [6.45, 7) is 2.35. The van der Waals surface area contributed by atoms with Crippen molar-refractivity contribution in [3.8, 4) is 0 Å². The first-order valence-electron chi connectivity index (χ1n) is 11.4. The average Bonchev–Trinajstić information content (AvgIpc) is 3.32. The fraction of sp³-hybridized carbons (Fsp3) is 0.143. The number of hydrogen-bond donors (Lipinski definition) is 0. The van der Waals surface area contributed by atoms with E-state index >= 15 is 0 Å². The molecule has 0 spiro atoms. The van der Waals surface area contributed by atoms with E-state index in [1.165, 1.54) is 11.0 Å². The van der Waals surface area contributed by atoms with Crippen molar-refractivity contribution in [2.24, 2.45) is 0 Å². The predicted octanol–water partition coefficient (Wildman–Crippen LogP) is 7.30. The molecule has 4 aromatic rings. The number of amides is 1. The Morgan fingerprint density at radius 3 is 2.44 bits per heavy atom. The highest BCUT2D eigenvalue weighted by molar-refractivity contribution is 7.80. The molecule has 4 nitrogen and oxygen atoms in total. The molecule has 1 aliphatic heterocycles. The largest absolute Gasteiger partial charge is 0.342 e. The van der Waals surface area contributed by atoms with Crippen LogP contribution in [0.3, 0.4) is 0 Å². The second-order valence-electron chi connectivity index (χ2n) is 8.57. The van der Waals surface area contributed by atoms with Gasteiger partial charge in [-0.15, -0.1) is 0 Å². The highest BCUT2D eigenvalue weighted by Gasteiger charge is 2.37. The standard InChI is InChI=1S/C28H22Cl2FN3OS/c1-3-17-6-4-7-21-18(15-33(26(17)21)16-22-23(30)8-5-9-24(22)31)14-25-27(35)34(28(36)32(25)2)20-12-10-19(29)11-13-20/h4-15H,3,16H2,1-2H3/b25-14-. The van der Waals surface area contributed by atoms with Crippen molar-refractivity contribution in [1.29, 1.82) is 0 Å². The number of nitrogens with zero attached hydrogens (tertiary/aromatic N) is 3. The smallest absolute Gasteiger partial charge is 0.281 e. The van der Waals surface area contributed by atoms with Gasteiger partial charge in [0.2, 0.25) is 0 Å². The van der Waals surface area contributed by atoms with Gasteiger partial charge in [0.1, 0.15) is 11.5 Å². The van der Waals surface area contributed by atoms with E-state index in [9.17, 15) is 9.18 Å². The fourth-order valence-electron chi connectivity index (χ4n) is 4.57. The van der Waals surface area contributed by atoms with Gasteiger partial charge in [-0.05, 0) is 66.7 Å². The lowest BCUT2D eigenvalue weighted by molar-refractivity contribution is -0.114. The van der Waals surface area contributed by atoms with Crippen LogP contribution in [0.5, 0.6) is 0 Å². The lowest BCUT2D eigenvalue weighted by Crippen LogP contribution is -2.31. The molecule has 0 atom stereocenters. The number of fused-ring (bicyclic) bond motifs is 1. The van der Waals surface area contributed by atoms with Crippen LogP contribution < -0.4 is 4.90 Å². The number of carbonyl (C=O) groups excluding carboxylic acids is 1. The molecule has 36 heavy (non-hydrogen) atoms. The number of aryl methyl sites for hydroxylation is 1. The average molecular weight is 538 g/mol. The van der Waals surface area contributed by atoms with E-state index in [-0.39, 0.29) is 18.3 Å². The number of hydrogen-bond acceptors (Lipinski definition) is 2. The zero-order valence-corrected chi connectivity index (χ0v) is 22.0. The summed E-state index contributed by atoms with van der Waals surface area (Å²) >= 11 is 18.0. The zero-order chi connectivity index (χ0) is 25.6. The highest BCUT2D eigenvalue weighted by atomic mass is 35.5. The third kappa shape index (κ3) is 4.19. The summed E-state index contributed by atoms with van der Waals surface area (Å²) < 4.78 is 16.6. The molecule has 1 aromatic heterocycles. The first-order valence-corrected chi connectivity index (χ1v) is 12.6. The quantitative estimate of drug-likeness (QED) is 0.197. The van der Waals surface area contributed by atoms with Crippen LogP contribution in [0.15, 0.2) is 72.6 Å². The summed E-state index contributed by atoms with van der Waals surface area (Å²) in [5, 5.41) is 2.30. The Kier molecular flexibility index (Phi) is 6.60. The molecule has 1 fully saturated rings. The van der Waals surface area contributed by atoms with Crippen molar-refractivity contribution in [2.75, 3.05) is 11.9 Å². The number of halogens is 3. The molecule has 0 unspecified atom stereocenters. The van der Waals surface area contributed by atoms with Gasteiger partial charge in [-0.2, -0.15) is 0 Å². The molecule has 8 heteroatoms. The Morgan fingerprint density at radius 1 is 1.03 bits per heavy atom. The summed E-state index contributed by atoms with van der Waals surface area (Å²) in [6.07, 6.45) is 4.58. The molecule has 182 valence electrons. The van der Waals surface area contributed by atoms with E-state index < -0.39 is 0 Å². The summed E-state index contributed by atoms with van der Waals surface area (Å²) in [4.78, 5) is 16.7. The van der Waals surface area contributed by atoms with Crippen LogP contribution >= 0.6 is 35.4 Å². The van der Waals surface area contributed by atoms with Crippen LogP contribution in [0.1, 0.15) is 23.6 Å². The van der Waals surface area contributed by atoms with Gasteiger partial charge in [-0.25, -0.2) is 4.39 Å². The minimum atomic E-state index is -0.354. The normalized spacial score (nSPS) is 15.1. The van der Waals surface area contributed by atoms with Gasteiger partial charge in [-0.3, -0.25) is 9.69 Å². The number of anilines is 1. The highest BCUT2D eigenvalue weighted by Crippen LogP contribution is 2.33. The maximum atomic E-state index is 14.6. The number of aromatic nitrogens is 1. The molecule has 2 heterocycles. The van der Waals surface area contributed by atoms with E-state index in [0.29, 0.717) is 32.1 Å². The Balaban J connectivity index is 1.62. The van der Waals surface area contributed by atoms with Crippen LogP contribution in [0.2, 0.25) is 10.0 Å². The van der Waals surface area contributed by atoms with Gasteiger partial charge >= 0.3 is 0 Å². The van der Waals surface area contributed by atoms with E-state index in [1.807, 2.05) is 29.0 Å². The molecule has 0 radical (unpaired) electrons. The second kappa shape index (κ2) is 9.69. The molecular formula is C28H22Cl2FN3OS. The lowest BCUT2D eigenvalue weighted by atomic mass is 10.1. The van der Waals surface area contributed by atoms with Gasteiger partial charge in [0, 0.05) is 39.8 Å². The van der Waals surface area contributed by atoms with Crippen LogP contribution in [0, 0.1) is 5.82 Å². The lowest BCUT2D eigenvalue weighted by Gasteiger charge is -2.16. The number of rotatable bonds is 5. The van der Waals surface area contributed by atoms with Crippen molar-refractivity contribution in [2.45, 2.75) is 19.9 Å². The summed E-state index contributed by atoms with van der Waals surface area (Å²) in [5.74, 6) is -0.581. The van der Waals surface area contributed by atoms with Crippen molar-refractivity contribution >= 4 is 69.1 Å². The molecule has 1 aliphatic rings. The number of benzene rings is 3. The van der Waals surface area contributed by atoms with Gasteiger partial charge in [0.15, 0.2) is 5.11 Å². The maximum absolute atomic E-state index is 14.6. The third-order valence-electron chi connectivity index (χ3n) is 6.42. The monoisotopic (exact) mass is 537 g/mol. The number of thiocarbonyl (C=S) groups is 1. The van der Waals surface area contributed by atoms with Crippen LogP contribution in [0.25, 0.3) is 17.0 Å². The summed E-state index contributed by atoms with van der Waals surface area (Å²) in [6, 6.07) is 17.7.